The van der Waals surface area contributed by atoms with E-state index in [0.717, 1.165) is 12.1 Å². The Morgan fingerprint density at radius 3 is 2.25 bits per heavy atom. The molecule has 214 valence electrons. The summed E-state index contributed by atoms with van der Waals surface area (Å²) < 4.78 is 42.2. The number of hydrogen-bond acceptors (Lipinski definition) is 6. The van der Waals surface area contributed by atoms with Crippen molar-refractivity contribution in [2.75, 3.05) is 5.32 Å². The summed E-state index contributed by atoms with van der Waals surface area (Å²) in [4.78, 5) is 28.5. The van der Waals surface area contributed by atoms with Gasteiger partial charge in [0.25, 0.3) is 5.69 Å². The molecular formula is C29H35F2N5O4. The zero-order valence-electron chi connectivity index (χ0n) is 24.1. The monoisotopic (exact) mass is 555 g/mol. The number of ether oxygens (including phenoxy) is 1. The molecule has 40 heavy (non-hydrogen) atoms. The average Bonchev–Trinajstić information content (AvgIpc) is 3.37. The number of aromatic nitrogens is 3. The molecule has 9 nitrogen and oxygen atoms in total. The summed E-state index contributed by atoms with van der Waals surface area (Å²) in [5.41, 5.74) is -0.619. The van der Waals surface area contributed by atoms with Gasteiger partial charge in [0.1, 0.15) is 40.3 Å². The van der Waals surface area contributed by atoms with E-state index in [1.165, 1.54) is 4.68 Å². The highest BCUT2D eigenvalue weighted by atomic mass is 19.1. The molecule has 0 aliphatic carbocycles. The Labute approximate surface area is 232 Å². The van der Waals surface area contributed by atoms with Crippen LogP contribution in [0.3, 0.4) is 0 Å². The second-order valence-electron chi connectivity index (χ2n) is 12.2. The molecule has 3 rings (SSSR count). The lowest BCUT2D eigenvalue weighted by atomic mass is 9.90. The van der Waals surface area contributed by atoms with Crippen molar-refractivity contribution in [1.82, 2.24) is 14.9 Å². The standard InChI is InChI=1S/C29H35F2N5O4/c1-16(2)36-26(33-27(38)39-29(6,7)8)25(32-9)24(34-36)17-10-22(30)21(23(31)11-17)14-19(37)13-20-12-18(35-40-20)15-28(3,4)5/h10-12,16H,13-15H2,1-8H3,(H,33,38). The summed E-state index contributed by atoms with van der Waals surface area (Å²) in [6, 6.07) is 3.44. The van der Waals surface area contributed by atoms with Crippen LogP contribution in [-0.4, -0.2) is 32.4 Å². The Morgan fingerprint density at radius 1 is 1.10 bits per heavy atom. The van der Waals surface area contributed by atoms with Crippen molar-refractivity contribution in [2.45, 2.75) is 86.3 Å². The fraction of sp³-hybridized carbons (Fsp3) is 0.483. The fourth-order valence-corrected chi connectivity index (χ4v) is 4.04. The minimum Gasteiger partial charge on any atom is -0.444 e. The first-order valence-corrected chi connectivity index (χ1v) is 12.9. The number of ketones is 1. The number of amides is 1. The molecule has 2 heterocycles. The Balaban J connectivity index is 1.87. The Morgan fingerprint density at radius 2 is 1.73 bits per heavy atom. The van der Waals surface area contributed by atoms with Gasteiger partial charge in [-0.3, -0.25) is 14.8 Å². The first kappa shape index (κ1) is 30.5. The molecule has 1 N–H and O–H groups in total. The number of anilines is 1. The summed E-state index contributed by atoms with van der Waals surface area (Å²) in [6.45, 7) is 22.5. The molecule has 0 atom stereocenters. The van der Waals surface area contributed by atoms with Gasteiger partial charge < -0.3 is 9.26 Å². The third-order valence-electron chi connectivity index (χ3n) is 5.58. The molecule has 0 fully saturated rings. The van der Waals surface area contributed by atoms with Gasteiger partial charge in [-0.2, -0.15) is 5.10 Å². The Hall–Kier alpha value is -4.07. The van der Waals surface area contributed by atoms with Crippen molar-refractivity contribution in [1.29, 1.82) is 0 Å². The van der Waals surface area contributed by atoms with Gasteiger partial charge in [-0.15, -0.1) is 0 Å². The van der Waals surface area contributed by atoms with Crippen molar-refractivity contribution in [3.63, 3.8) is 0 Å². The minimum absolute atomic E-state index is 0.00843. The van der Waals surface area contributed by atoms with Crippen LogP contribution in [0.25, 0.3) is 16.1 Å². The van der Waals surface area contributed by atoms with Gasteiger partial charge in [-0.25, -0.2) is 18.4 Å². The largest absolute Gasteiger partial charge is 0.444 e. The van der Waals surface area contributed by atoms with Crippen LogP contribution in [0, 0.1) is 23.6 Å². The molecule has 0 saturated heterocycles. The molecule has 3 aromatic rings. The molecule has 0 aliphatic heterocycles. The van der Waals surface area contributed by atoms with E-state index in [2.05, 4.69) is 41.2 Å². The molecule has 0 saturated carbocycles. The topological polar surface area (TPSA) is 104 Å². The average molecular weight is 556 g/mol. The van der Waals surface area contributed by atoms with Crippen LogP contribution < -0.4 is 5.32 Å². The predicted molar refractivity (Wildman–Crippen MR) is 146 cm³/mol. The molecule has 0 bridgehead atoms. The number of Topliss-reactive ketones (excluding diaryl/α,β-unsaturated/α-hetero) is 1. The first-order valence-electron chi connectivity index (χ1n) is 12.9. The van der Waals surface area contributed by atoms with Gasteiger partial charge in [-0.1, -0.05) is 25.9 Å². The van der Waals surface area contributed by atoms with E-state index >= 15 is 8.78 Å². The highest BCUT2D eigenvalue weighted by molar-refractivity contribution is 5.93. The molecule has 0 spiro atoms. The maximum Gasteiger partial charge on any atom is 0.412 e. The Bertz CT molecular complexity index is 1430. The van der Waals surface area contributed by atoms with E-state index in [0.29, 0.717) is 17.9 Å². The third kappa shape index (κ3) is 7.74. The number of nitrogens with one attached hydrogen (secondary N) is 1. The van der Waals surface area contributed by atoms with Crippen LogP contribution in [-0.2, 0) is 28.8 Å². The van der Waals surface area contributed by atoms with E-state index in [1.807, 2.05) is 0 Å². The van der Waals surface area contributed by atoms with Crippen LogP contribution in [0.15, 0.2) is 22.7 Å². The van der Waals surface area contributed by atoms with Crippen LogP contribution in [0.4, 0.5) is 25.1 Å². The van der Waals surface area contributed by atoms with Gasteiger partial charge >= 0.3 is 6.09 Å². The van der Waals surface area contributed by atoms with Gasteiger partial charge in [-0.05, 0) is 64.2 Å². The van der Waals surface area contributed by atoms with Gasteiger partial charge in [0.15, 0.2) is 0 Å². The number of rotatable bonds is 8. The number of benzene rings is 1. The first-order chi connectivity index (χ1) is 18.5. The summed E-state index contributed by atoms with van der Waals surface area (Å²) in [6.07, 6.45) is -0.787. The SMILES string of the molecule is [C-]#[N+]c1c(-c2cc(F)c(CC(=O)Cc3cc(CC(C)(C)C)no3)c(F)c2)nn(C(C)C)c1NC(=O)OC(C)(C)C. The van der Waals surface area contributed by atoms with Crippen LogP contribution >= 0.6 is 0 Å². The van der Waals surface area contributed by atoms with Crippen molar-refractivity contribution in [2.24, 2.45) is 5.41 Å². The van der Waals surface area contributed by atoms with E-state index in [4.69, 9.17) is 15.8 Å². The molecule has 0 aliphatic rings. The van der Waals surface area contributed by atoms with Crippen LogP contribution in [0.1, 0.15) is 78.4 Å². The van der Waals surface area contributed by atoms with Gasteiger partial charge in [0, 0.05) is 24.1 Å². The van der Waals surface area contributed by atoms with Crippen LogP contribution in [0.5, 0.6) is 0 Å². The van der Waals surface area contributed by atoms with Crippen molar-refractivity contribution in [3.8, 4) is 11.3 Å². The molecular weight excluding hydrogens is 520 g/mol. The summed E-state index contributed by atoms with van der Waals surface area (Å²) in [5, 5.41) is 10.9. The smallest absolute Gasteiger partial charge is 0.412 e. The number of nitrogens with zero attached hydrogens (tertiary/aromatic N) is 4. The number of carbonyl (C=O) groups is 2. The lowest BCUT2D eigenvalue weighted by Gasteiger charge is -2.20. The second kappa shape index (κ2) is 11.6. The lowest BCUT2D eigenvalue weighted by Crippen LogP contribution is -2.28. The number of hydrogen-bond donors (Lipinski definition) is 1. The highest BCUT2D eigenvalue weighted by Gasteiger charge is 2.27. The van der Waals surface area contributed by atoms with Gasteiger partial charge in [0.05, 0.1) is 18.7 Å². The zero-order valence-corrected chi connectivity index (χ0v) is 24.1. The van der Waals surface area contributed by atoms with Crippen molar-refractivity contribution in [3.05, 3.63) is 58.3 Å². The number of carbonyl (C=O) groups excluding carboxylic acids is 2. The fourth-order valence-electron chi connectivity index (χ4n) is 4.04. The van der Waals surface area contributed by atoms with E-state index < -0.39 is 41.1 Å². The number of halogens is 2. The van der Waals surface area contributed by atoms with Gasteiger partial charge in [0.2, 0.25) is 0 Å². The summed E-state index contributed by atoms with van der Waals surface area (Å²) in [7, 11) is 0. The molecule has 11 heteroatoms. The molecule has 1 amide bonds. The maximum absolute atomic E-state index is 15.2. The minimum atomic E-state index is -0.953. The maximum atomic E-state index is 15.2. The lowest BCUT2D eigenvalue weighted by molar-refractivity contribution is -0.118. The zero-order chi connectivity index (χ0) is 30.0. The summed E-state index contributed by atoms with van der Waals surface area (Å²) >= 11 is 0. The van der Waals surface area contributed by atoms with Crippen molar-refractivity contribution >= 4 is 23.4 Å². The molecule has 0 unspecified atom stereocenters. The molecule has 1 aromatic carbocycles. The third-order valence-corrected chi connectivity index (χ3v) is 5.58. The second-order valence-corrected chi connectivity index (χ2v) is 12.2. The Kier molecular flexibility index (Phi) is 8.82. The van der Waals surface area contributed by atoms with E-state index in [-0.39, 0.29) is 40.6 Å². The molecule has 0 radical (unpaired) electrons. The van der Waals surface area contributed by atoms with Crippen molar-refractivity contribution < 1.29 is 27.6 Å². The molecule has 2 aromatic heterocycles. The predicted octanol–water partition coefficient (Wildman–Crippen LogP) is 7.24. The van der Waals surface area contributed by atoms with E-state index in [9.17, 15) is 9.59 Å². The quantitative estimate of drug-likeness (QED) is 0.294. The summed E-state index contributed by atoms with van der Waals surface area (Å²) in [5.74, 6) is -1.98. The highest BCUT2D eigenvalue weighted by Crippen LogP contribution is 2.39. The van der Waals surface area contributed by atoms with Crippen LogP contribution in [0.2, 0.25) is 0 Å². The normalized spacial score (nSPS) is 11.9. The van der Waals surface area contributed by atoms with E-state index in [1.54, 1.807) is 40.7 Å².